The summed E-state index contributed by atoms with van der Waals surface area (Å²) in [6, 6.07) is 0. The van der Waals surface area contributed by atoms with Gasteiger partial charge in [-0.3, -0.25) is 4.79 Å². The molecule has 82 valence electrons. The SMILES string of the molecule is C[C@@H]1O[C@H](COC(=O)CCl)C(O)C1O. The van der Waals surface area contributed by atoms with Gasteiger partial charge in [0, 0.05) is 0 Å². The molecule has 0 spiro atoms. The Labute approximate surface area is 86.6 Å². The van der Waals surface area contributed by atoms with Crippen LogP contribution in [0.1, 0.15) is 6.92 Å². The molecule has 5 nitrogen and oxygen atoms in total. The molecule has 1 heterocycles. The lowest BCUT2D eigenvalue weighted by Gasteiger charge is -2.13. The highest BCUT2D eigenvalue weighted by atomic mass is 35.5. The average molecular weight is 225 g/mol. The van der Waals surface area contributed by atoms with Crippen LogP contribution in [-0.4, -0.2) is 53.1 Å². The molecule has 2 unspecified atom stereocenters. The van der Waals surface area contributed by atoms with Gasteiger partial charge in [-0.25, -0.2) is 0 Å². The second kappa shape index (κ2) is 4.93. The minimum atomic E-state index is -1.02. The Bertz CT molecular complexity index is 210. The Morgan fingerprint density at radius 2 is 2.14 bits per heavy atom. The first kappa shape index (κ1) is 11.7. The van der Waals surface area contributed by atoms with Crippen LogP contribution in [0.4, 0.5) is 0 Å². The van der Waals surface area contributed by atoms with Gasteiger partial charge < -0.3 is 19.7 Å². The third-order valence-electron chi connectivity index (χ3n) is 2.12. The summed E-state index contributed by atoms with van der Waals surface area (Å²) in [6.07, 6.45) is -3.08. The number of rotatable bonds is 3. The Morgan fingerprint density at radius 1 is 1.50 bits per heavy atom. The fourth-order valence-electron chi connectivity index (χ4n) is 1.29. The smallest absolute Gasteiger partial charge is 0.320 e. The maximum absolute atomic E-state index is 10.7. The van der Waals surface area contributed by atoms with Gasteiger partial charge in [-0.2, -0.15) is 0 Å². The normalized spacial score (nSPS) is 37.1. The van der Waals surface area contributed by atoms with E-state index in [-0.39, 0.29) is 12.5 Å². The van der Waals surface area contributed by atoms with Crippen LogP contribution in [0.5, 0.6) is 0 Å². The van der Waals surface area contributed by atoms with E-state index in [2.05, 4.69) is 4.74 Å². The van der Waals surface area contributed by atoms with Crippen molar-refractivity contribution in [3.63, 3.8) is 0 Å². The number of esters is 1. The zero-order chi connectivity index (χ0) is 10.7. The fourth-order valence-corrected chi connectivity index (χ4v) is 1.36. The molecule has 0 aromatic heterocycles. The number of carbonyl (C=O) groups excluding carboxylic acids is 1. The molecule has 4 atom stereocenters. The van der Waals surface area contributed by atoms with Crippen LogP contribution in [0.3, 0.4) is 0 Å². The first-order valence-electron chi connectivity index (χ1n) is 4.29. The average Bonchev–Trinajstić information content (AvgIpc) is 2.42. The van der Waals surface area contributed by atoms with Crippen molar-refractivity contribution < 1.29 is 24.5 Å². The van der Waals surface area contributed by atoms with Crippen molar-refractivity contribution in [1.29, 1.82) is 0 Å². The largest absolute Gasteiger partial charge is 0.462 e. The second-order valence-corrected chi connectivity index (χ2v) is 3.44. The molecule has 0 saturated carbocycles. The summed E-state index contributed by atoms with van der Waals surface area (Å²) in [6.45, 7) is 1.55. The molecule has 0 aromatic carbocycles. The molecule has 0 aromatic rings. The summed E-state index contributed by atoms with van der Waals surface area (Å²) in [5.74, 6) is -0.808. The molecule has 1 aliphatic rings. The lowest BCUT2D eigenvalue weighted by molar-refractivity contribution is -0.146. The molecular formula is C8H13ClO5. The Hall–Kier alpha value is -0.360. The molecule has 2 N–H and O–H groups in total. The van der Waals surface area contributed by atoms with Crippen LogP contribution in [0.25, 0.3) is 0 Å². The van der Waals surface area contributed by atoms with E-state index in [1.807, 2.05) is 0 Å². The van der Waals surface area contributed by atoms with Crippen molar-refractivity contribution in [2.45, 2.75) is 31.3 Å². The molecule has 1 saturated heterocycles. The minimum Gasteiger partial charge on any atom is -0.462 e. The number of halogens is 1. The van der Waals surface area contributed by atoms with Crippen LogP contribution < -0.4 is 0 Å². The predicted molar refractivity (Wildman–Crippen MR) is 48.0 cm³/mol. The Balaban J connectivity index is 2.36. The summed E-state index contributed by atoms with van der Waals surface area (Å²) in [5, 5.41) is 18.7. The van der Waals surface area contributed by atoms with Crippen LogP contribution >= 0.6 is 11.6 Å². The summed E-state index contributed by atoms with van der Waals surface area (Å²) in [4.78, 5) is 10.7. The number of alkyl halides is 1. The lowest BCUT2D eigenvalue weighted by atomic mass is 10.1. The van der Waals surface area contributed by atoms with Gasteiger partial charge in [0.05, 0.1) is 6.10 Å². The summed E-state index contributed by atoms with van der Waals surface area (Å²) >= 11 is 5.20. The van der Waals surface area contributed by atoms with Crippen molar-refractivity contribution in [3.05, 3.63) is 0 Å². The van der Waals surface area contributed by atoms with Crippen LogP contribution in [0.2, 0.25) is 0 Å². The summed E-state index contributed by atoms with van der Waals surface area (Å²) in [7, 11) is 0. The number of ether oxygens (including phenoxy) is 2. The Kier molecular flexibility index (Phi) is 4.12. The molecule has 1 aliphatic heterocycles. The van der Waals surface area contributed by atoms with Gasteiger partial charge in [-0.05, 0) is 6.92 Å². The van der Waals surface area contributed by atoms with Crippen molar-refractivity contribution in [1.82, 2.24) is 0 Å². The highest BCUT2D eigenvalue weighted by Crippen LogP contribution is 2.20. The monoisotopic (exact) mass is 224 g/mol. The van der Waals surface area contributed by atoms with E-state index in [1.165, 1.54) is 0 Å². The maximum atomic E-state index is 10.7. The predicted octanol–water partition coefficient (Wildman–Crippen LogP) is -0.723. The van der Waals surface area contributed by atoms with E-state index in [0.717, 1.165) is 0 Å². The van der Waals surface area contributed by atoms with E-state index in [4.69, 9.17) is 16.3 Å². The summed E-state index contributed by atoms with van der Waals surface area (Å²) < 4.78 is 9.84. The van der Waals surface area contributed by atoms with Gasteiger partial charge in [0.1, 0.15) is 30.8 Å². The molecule has 1 rings (SSSR count). The lowest BCUT2D eigenvalue weighted by Crippen LogP contribution is -2.34. The van der Waals surface area contributed by atoms with Gasteiger partial charge in [0.2, 0.25) is 0 Å². The van der Waals surface area contributed by atoms with Crippen molar-refractivity contribution in [3.8, 4) is 0 Å². The minimum absolute atomic E-state index is 0.0892. The van der Waals surface area contributed by atoms with E-state index in [0.29, 0.717) is 0 Å². The third kappa shape index (κ3) is 2.57. The van der Waals surface area contributed by atoms with Gasteiger partial charge >= 0.3 is 5.97 Å². The standard InChI is InChI=1S/C8H13ClO5/c1-4-7(11)8(12)5(14-4)3-13-6(10)2-9/h4-5,7-8,11-12H,2-3H2,1H3/t4-,5+,7?,8?/m0/s1. The topological polar surface area (TPSA) is 76.0 Å². The van der Waals surface area contributed by atoms with E-state index in [9.17, 15) is 15.0 Å². The number of hydrogen-bond acceptors (Lipinski definition) is 5. The first-order chi connectivity index (χ1) is 6.56. The third-order valence-corrected chi connectivity index (χ3v) is 2.34. The van der Waals surface area contributed by atoms with Crippen molar-refractivity contribution in [2.24, 2.45) is 0 Å². The van der Waals surface area contributed by atoms with Gasteiger partial charge in [-0.15, -0.1) is 11.6 Å². The number of carbonyl (C=O) groups is 1. The number of hydrogen-bond donors (Lipinski definition) is 2. The van der Waals surface area contributed by atoms with Crippen molar-refractivity contribution in [2.75, 3.05) is 12.5 Å². The van der Waals surface area contributed by atoms with Gasteiger partial charge in [0.15, 0.2) is 0 Å². The van der Waals surface area contributed by atoms with Crippen LogP contribution in [-0.2, 0) is 14.3 Å². The zero-order valence-corrected chi connectivity index (χ0v) is 8.48. The fraction of sp³-hybridized carbons (Fsp3) is 0.875. The Morgan fingerprint density at radius 3 is 2.57 bits per heavy atom. The van der Waals surface area contributed by atoms with E-state index < -0.39 is 30.4 Å². The zero-order valence-electron chi connectivity index (χ0n) is 7.72. The first-order valence-corrected chi connectivity index (χ1v) is 4.83. The molecule has 6 heteroatoms. The molecule has 0 aliphatic carbocycles. The highest BCUT2D eigenvalue weighted by Gasteiger charge is 2.40. The van der Waals surface area contributed by atoms with Crippen LogP contribution in [0.15, 0.2) is 0 Å². The second-order valence-electron chi connectivity index (χ2n) is 3.18. The molecular weight excluding hydrogens is 212 g/mol. The molecule has 0 amide bonds. The number of aliphatic hydroxyl groups is 2. The quantitative estimate of drug-likeness (QED) is 0.489. The van der Waals surface area contributed by atoms with Gasteiger partial charge in [-0.1, -0.05) is 0 Å². The molecule has 0 radical (unpaired) electrons. The molecule has 14 heavy (non-hydrogen) atoms. The van der Waals surface area contributed by atoms with E-state index >= 15 is 0 Å². The van der Waals surface area contributed by atoms with Gasteiger partial charge in [0.25, 0.3) is 0 Å². The maximum Gasteiger partial charge on any atom is 0.320 e. The highest BCUT2D eigenvalue weighted by molar-refractivity contribution is 6.26. The molecule has 1 fully saturated rings. The molecule has 0 bridgehead atoms. The summed E-state index contributed by atoms with van der Waals surface area (Å²) in [5.41, 5.74) is 0. The number of aliphatic hydroxyl groups excluding tert-OH is 2. The van der Waals surface area contributed by atoms with E-state index in [1.54, 1.807) is 6.92 Å². The van der Waals surface area contributed by atoms with Crippen LogP contribution in [0, 0.1) is 0 Å². The van der Waals surface area contributed by atoms with Crippen molar-refractivity contribution >= 4 is 17.6 Å².